The Hall–Kier alpha value is -2.51. The fourth-order valence-electron chi connectivity index (χ4n) is 3.46. The van der Waals surface area contributed by atoms with E-state index in [-0.39, 0.29) is 34.8 Å². The molecule has 10 nitrogen and oxygen atoms in total. The molecule has 0 saturated heterocycles. The summed E-state index contributed by atoms with van der Waals surface area (Å²) < 4.78 is 70.6. The van der Waals surface area contributed by atoms with E-state index in [2.05, 4.69) is 0 Å². The van der Waals surface area contributed by atoms with Crippen LogP contribution >= 0.6 is 0 Å². The fourth-order valence-corrected chi connectivity index (χ4v) is 4.57. The number of carbonyl (C=O) groups is 1. The summed E-state index contributed by atoms with van der Waals surface area (Å²) in [6.45, 7) is -0.0499. The van der Waals surface area contributed by atoms with Crippen molar-refractivity contribution in [3.63, 3.8) is 0 Å². The van der Waals surface area contributed by atoms with Crippen LogP contribution in [0.2, 0.25) is 0 Å². The van der Waals surface area contributed by atoms with Gasteiger partial charge < -0.3 is 23.3 Å². The van der Waals surface area contributed by atoms with Gasteiger partial charge in [-0.1, -0.05) is 18.2 Å². The molecule has 0 amide bonds. The molecule has 12 heteroatoms. The Balaban J connectivity index is 1.94. The van der Waals surface area contributed by atoms with Crippen LogP contribution in [0.5, 0.6) is 11.5 Å². The van der Waals surface area contributed by atoms with E-state index in [1.165, 1.54) is 25.3 Å². The second-order valence-corrected chi connectivity index (χ2v) is 8.87. The first-order chi connectivity index (χ1) is 14.6. The van der Waals surface area contributed by atoms with E-state index in [0.29, 0.717) is 23.3 Å². The van der Waals surface area contributed by atoms with Crippen molar-refractivity contribution in [2.24, 2.45) is 0 Å². The first-order valence-corrected chi connectivity index (χ1v) is 11.4. The maximum atomic E-state index is 11.9. The van der Waals surface area contributed by atoms with E-state index >= 15 is 0 Å². The normalized spacial score (nSPS) is 18.9. The van der Waals surface area contributed by atoms with Crippen molar-refractivity contribution in [1.29, 1.82) is 0 Å². The maximum Gasteiger partial charge on any atom is 0.307 e. The van der Waals surface area contributed by atoms with Gasteiger partial charge in [-0.25, -0.2) is 4.21 Å². The number of rotatable bonds is 10. The zero-order valence-electron chi connectivity index (χ0n) is 16.2. The number of carboxylic acids is 1. The molecule has 31 heavy (non-hydrogen) atoms. The summed E-state index contributed by atoms with van der Waals surface area (Å²) in [6.07, 6.45) is 0.0774. The minimum Gasteiger partial charge on any atom is -0.740 e. The first-order valence-electron chi connectivity index (χ1n) is 8.95. The Morgan fingerprint density at radius 3 is 2.48 bits per heavy atom. The maximum absolute atomic E-state index is 11.9. The van der Waals surface area contributed by atoms with Crippen LogP contribution in [0.4, 0.5) is 0 Å². The Labute approximate surface area is 181 Å². The van der Waals surface area contributed by atoms with Crippen molar-refractivity contribution >= 4 is 27.4 Å². The zero-order chi connectivity index (χ0) is 22.8. The molecule has 0 radical (unpaired) electrons. The van der Waals surface area contributed by atoms with Crippen LogP contribution in [-0.4, -0.2) is 46.7 Å². The number of aliphatic carboxylic acids is 1. The average molecular weight is 471 g/mol. The lowest BCUT2D eigenvalue weighted by Gasteiger charge is -2.15. The van der Waals surface area contributed by atoms with Gasteiger partial charge in [0, 0.05) is 13.2 Å². The molecule has 1 aliphatic carbocycles. The second kappa shape index (κ2) is 9.32. The lowest BCUT2D eigenvalue weighted by atomic mass is 10.0. The van der Waals surface area contributed by atoms with Crippen LogP contribution in [-0.2, 0) is 37.4 Å². The van der Waals surface area contributed by atoms with Gasteiger partial charge in [-0.3, -0.25) is 9.35 Å². The van der Waals surface area contributed by atoms with Gasteiger partial charge >= 0.3 is 5.97 Å². The molecule has 2 aromatic rings. The van der Waals surface area contributed by atoms with Gasteiger partial charge in [0.15, 0.2) is 6.79 Å². The summed E-state index contributed by atoms with van der Waals surface area (Å²) in [5.41, 5.74) is 1.07. The predicted octanol–water partition coefficient (Wildman–Crippen LogP) is 1.99. The molecule has 2 N–H and O–H groups in total. The average Bonchev–Trinajstić information content (AvgIpc) is 3.45. The smallest absolute Gasteiger partial charge is 0.307 e. The second-order valence-electron chi connectivity index (χ2n) is 6.90. The minimum absolute atomic E-state index is 0.0327. The molecule has 3 rings (SSSR count). The van der Waals surface area contributed by atoms with E-state index < -0.39 is 33.9 Å². The Morgan fingerprint density at radius 2 is 1.87 bits per heavy atom. The highest BCUT2D eigenvalue weighted by Crippen LogP contribution is 2.58. The zero-order valence-corrected chi connectivity index (χ0v) is 17.9. The van der Waals surface area contributed by atoms with Crippen molar-refractivity contribution < 1.29 is 45.3 Å². The molecule has 1 fully saturated rings. The summed E-state index contributed by atoms with van der Waals surface area (Å²) in [5, 5.41) is 8.93. The molecule has 0 spiro atoms. The van der Waals surface area contributed by atoms with E-state index in [0.717, 1.165) is 6.07 Å². The third-order valence-electron chi connectivity index (χ3n) is 4.79. The summed E-state index contributed by atoms with van der Waals surface area (Å²) in [5.74, 6) is -1.41. The van der Waals surface area contributed by atoms with Crippen molar-refractivity contribution in [2.45, 2.75) is 29.6 Å². The predicted molar refractivity (Wildman–Crippen MR) is 106 cm³/mol. The highest BCUT2D eigenvalue weighted by atomic mass is 32.2. The van der Waals surface area contributed by atoms with Gasteiger partial charge in [-0.05, 0) is 47.1 Å². The highest BCUT2D eigenvalue weighted by molar-refractivity contribution is 7.85. The molecule has 1 aliphatic rings. The van der Waals surface area contributed by atoms with E-state index in [1.54, 1.807) is 12.1 Å². The van der Waals surface area contributed by atoms with Gasteiger partial charge in [-0.2, -0.15) is 8.42 Å². The lowest BCUT2D eigenvalue weighted by molar-refractivity contribution is -0.136. The number of hydrogen-bond acceptors (Lipinski definition) is 8. The topological polar surface area (TPSA) is 159 Å². The molecule has 0 aromatic heterocycles. The third-order valence-corrected chi connectivity index (χ3v) is 6.01. The van der Waals surface area contributed by atoms with Crippen LogP contribution in [0.1, 0.15) is 34.9 Å². The number of hydrogen-bond donors (Lipinski definition) is 2. The Kier molecular flexibility index (Phi) is 6.96. The van der Waals surface area contributed by atoms with Crippen molar-refractivity contribution in [3.8, 4) is 11.5 Å². The van der Waals surface area contributed by atoms with E-state index in [4.69, 9.17) is 18.8 Å². The van der Waals surface area contributed by atoms with Crippen LogP contribution in [0.15, 0.2) is 41.3 Å². The molecule has 0 aliphatic heterocycles. The van der Waals surface area contributed by atoms with Crippen LogP contribution < -0.4 is 8.92 Å². The summed E-state index contributed by atoms with van der Waals surface area (Å²) in [7, 11) is -3.17. The quantitative estimate of drug-likeness (QED) is 0.298. The highest BCUT2D eigenvalue weighted by Gasteiger charge is 2.43. The van der Waals surface area contributed by atoms with Gasteiger partial charge in [0.2, 0.25) is 0 Å². The molecule has 1 saturated carbocycles. The van der Waals surface area contributed by atoms with Crippen molar-refractivity contribution in [1.82, 2.24) is 0 Å². The Morgan fingerprint density at radius 1 is 1.19 bits per heavy atom. The molecule has 0 heterocycles. The van der Waals surface area contributed by atoms with Crippen molar-refractivity contribution in [3.05, 3.63) is 53.1 Å². The summed E-state index contributed by atoms with van der Waals surface area (Å²) >= 11 is -2.84. The van der Waals surface area contributed by atoms with Crippen molar-refractivity contribution in [2.75, 3.05) is 13.9 Å². The molecule has 0 bridgehead atoms. The molecular formula is C19H19O10S2-. The molecular weight excluding hydrogens is 452 g/mol. The Bertz CT molecular complexity index is 1110. The van der Waals surface area contributed by atoms with Crippen LogP contribution in [0, 0.1) is 0 Å². The molecule has 168 valence electrons. The number of benzene rings is 2. The van der Waals surface area contributed by atoms with Gasteiger partial charge in [0.25, 0.3) is 10.1 Å². The minimum atomic E-state index is -4.61. The van der Waals surface area contributed by atoms with Crippen LogP contribution in [0.3, 0.4) is 0 Å². The SMILES string of the molecule is COCOc1ccc(C2CC2c2ccc(CC(=O)O)cc2S(=O)(=O)O)c(OS(=O)[O-])c1. The summed E-state index contributed by atoms with van der Waals surface area (Å²) in [6, 6.07) is 8.70. The largest absolute Gasteiger partial charge is 0.740 e. The lowest BCUT2D eigenvalue weighted by Crippen LogP contribution is -2.07. The number of ether oxygens (including phenoxy) is 2. The van der Waals surface area contributed by atoms with Gasteiger partial charge in [0.1, 0.15) is 22.9 Å². The molecule has 3 atom stereocenters. The third kappa shape index (κ3) is 5.80. The molecule has 2 aromatic carbocycles. The first kappa shape index (κ1) is 23.2. The summed E-state index contributed by atoms with van der Waals surface area (Å²) in [4.78, 5) is 10.6. The number of carboxylic acid groups (broad SMARTS) is 1. The van der Waals surface area contributed by atoms with Crippen LogP contribution in [0.25, 0.3) is 0 Å². The monoisotopic (exact) mass is 471 g/mol. The molecule has 3 unspecified atom stereocenters. The number of methoxy groups -OCH3 is 1. The van der Waals surface area contributed by atoms with E-state index in [9.17, 15) is 26.5 Å². The van der Waals surface area contributed by atoms with Gasteiger partial charge in [-0.15, -0.1) is 0 Å². The fraction of sp³-hybridized carbons (Fsp3) is 0.316. The standard InChI is InChI=1S/C19H20O10S2/c1-27-10-28-12-3-5-13(17(8-12)29-30(22)23)15-9-16(15)14-4-2-11(7-19(20)21)6-18(14)31(24,25)26/h2-6,8,15-16H,7,9-10H2,1H3,(H,20,21)(H,22,23)(H,24,25,26)/p-1. The van der Waals surface area contributed by atoms with Gasteiger partial charge in [0.05, 0.1) is 11.3 Å². The van der Waals surface area contributed by atoms with E-state index in [1.807, 2.05) is 0 Å².